The van der Waals surface area contributed by atoms with E-state index in [1.54, 1.807) is 0 Å². The Kier molecular flexibility index (Phi) is 2.85. The zero-order valence-corrected chi connectivity index (χ0v) is 9.13. The monoisotopic (exact) mass is 189 g/mol. The molecule has 0 unspecified atom stereocenters. The minimum Gasteiger partial charge on any atom is -0.238 e. The lowest BCUT2D eigenvalue weighted by Crippen LogP contribution is -2.17. The molecule has 3 nitrogen and oxygen atoms in total. The lowest BCUT2D eigenvalue weighted by atomic mass is 9.90. The molecule has 0 spiro atoms. The minimum absolute atomic E-state index is 0.530. The highest BCUT2D eigenvalue weighted by atomic mass is 14.9. The topological polar surface area (TPSA) is 49.6 Å². The molecule has 1 aromatic heterocycles. The van der Waals surface area contributed by atoms with E-state index in [2.05, 4.69) is 16.0 Å². The first-order chi connectivity index (χ1) is 6.49. The number of hydrogen-bond donors (Lipinski definition) is 0. The van der Waals surface area contributed by atoms with E-state index in [1.165, 1.54) is 0 Å². The minimum atomic E-state index is -0.530. The molecular weight excluding hydrogens is 174 g/mol. The van der Waals surface area contributed by atoms with Crippen molar-refractivity contribution in [1.82, 2.24) is 9.97 Å². The van der Waals surface area contributed by atoms with Gasteiger partial charge in [-0.2, -0.15) is 5.26 Å². The molecule has 0 atom stereocenters. The zero-order valence-electron chi connectivity index (χ0n) is 9.13. The average Bonchev–Trinajstić information content (AvgIpc) is 2.16. The third-order valence-electron chi connectivity index (χ3n) is 2.17. The van der Waals surface area contributed by atoms with E-state index in [9.17, 15) is 0 Å². The molecule has 0 aromatic carbocycles. The van der Waals surface area contributed by atoms with Gasteiger partial charge in [0, 0.05) is 5.69 Å². The van der Waals surface area contributed by atoms with Crippen LogP contribution in [-0.2, 0) is 11.8 Å². The first-order valence-electron chi connectivity index (χ1n) is 4.76. The molecular formula is C11H15N3. The number of nitriles is 1. The summed E-state index contributed by atoms with van der Waals surface area (Å²) in [4.78, 5) is 8.57. The van der Waals surface area contributed by atoms with Crippen molar-refractivity contribution >= 4 is 0 Å². The molecule has 0 amide bonds. The summed E-state index contributed by atoms with van der Waals surface area (Å²) >= 11 is 0. The summed E-state index contributed by atoms with van der Waals surface area (Å²) in [6, 6.07) is 4.16. The van der Waals surface area contributed by atoms with Gasteiger partial charge in [0.05, 0.1) is 17.2 Å². The Morgan fingerprint density at radius 1 is 1.43 bits per heavy atom. The van der Waals surface area contributed by atoms with Crippen LogP contribution in [0.25, 0.3) is 0 Å². The van der Waals surface area contributed by atoms with Crippen LogP contribution in [0.3, 0.4) is 0 Å². The highest BCUT2D eigenvalue weighted by Crippen LogP contribution is 2.20. The molecule has 0 aliphatic heterocycles. The van der Waals surface area contributed by atoms with E-state index in [0.717, 1.165) is 23.6 Å². The zero-order chi connectivity index (χ0) is 10.8. The second kappa shape index (κ2) is 3.75. The molecule has 3 heteroatoms. The maximum Gasteiger partial charge on any atom is 0.125 e. The highest BCUT2D eigenvalue weighted by Gasteiger charge is 2.22. The summed E-state index contributed by atoms with van der Waals surface area (Å²) in [5, 5.41) is 8.99. The van der Waals surface area contributed by atoms with Crippen LogP contribution in [0.15, 0.2) is 6.07 Å². The summed E-state index contributed by atoms with van der Waals surface area (Å²) in [7, 11) is 0. The lowest BCUT2D eigenvalue weighted by Gasteiger charge is -2.15. The van der Waals surface area contributed by atoms with E-state index in [-0.39, 0.29) is 0 Å². The molecule has 74 valence electrons. The number of aromatic nitrogens is 2. The predicted octanol–water partition coefficient (Wildman–Crippen LogP) is 2.15. The van der Waals surface area contributed by atoms with Gasteiger partial charge < -0.3 is 0 Å². The SMILES string of the molecule is CCc1cc(C(C)(C)C#N)nc(C)n1. The fraction of sp³-hybridized carbons (Fsp3) is 0.545. The van der Waals surface area contributed by atoms with Gasteiger partial charge in [-0.1, -0.05) is 6.92 Å². The van der Waals surface area contributed by atoms with Gasteiger partial charge >= 0.3 is 0 Å². The van der Waals surface area contributed by atoms with Crippen LogP contribution in [0.5, 0.6) is 0 Å². The Morgan fingerprint density at radius 2 is 2.07 bits per heavy atom. The van der Waals surface area contributed by atoms with Gasteiger partial charge in [-0.25, -0.2) is 9.97 Å². The normalized spacial score (nSPS) is 11.1. The molecule has 0 saturated carbocycles. The van der Waals surface area contributed by atoms with Crippen LogP contribution in [0.1, 0.15) is 38.0 Å². The fourth-order valence-electron chi connectivity index (χ4n) is 1.19. The van der Waals surface area contributed by atoms with Gasteiger partial charge in [0.25, 0.3) is 0 Å². The Hall–Kier alpha value is -1.43. The summed E-state index contributed by atoms with van der Waals surface area (Å²) in [5.74, 6) is 0.739. The smallest absolute Gasteiger partial charge is 0.125 e. The largest absolute Gasteiger partial charge is 0.238 e. The van der Waals surface area contributed by atoms with E-state index in [4.69, 9.17) is 5.26 Å². The van der Waals surface area contributed by atoms with Crippen LogP contribution in [-0.4, -0.2) is 9.97 Å². The molecule has 0 bridgehead atoms. The van der Waals surface area contributed by atoms with Crippen molar-refractivity contribution in [1.29, 1.82) is 5.26 Å². The Labute approximate surface area is 84.8 Å². The molecule has 0 radical (unpaired) electrons. The maximum absolute atomic E-state index is 8.99. The summed E-state index contributed by atoms with van der Waals surface area (Å²) in [5.41, 5.74) is 1.28. The second-order valence-electron chi connectivity index (χ2n) is 3.88. The van der Waals surface area contributed by atoms with E-state index >= 15 is 0 Å². The second-order valence-corrected chi connectivity index (χ2v) is 3.88. The van der Waals surface area contributed by atoms with Crippen molar-refractivity contribution in [2.75, 3.05) is 0 Å². The average molecular weight is 189 g/mol. The van der Waals surface area contributed by atoms with Crippen molar-refractivity contribution in [3.8, 4) is 6.07 Å². The van der Waals surface area contributed by atoms with E-state index < -0.39 is 5.41 Å². The van der Waals surface area contributed by atoms with Gasteiger partial charge in [0.1, 0.15) is 5.82 Å². The molecule has 0 fully saturated rings. The first-order valence-corrected chi connectivity index (χ1v) is 4.76. The van der Waals surface area contributed by atoms with Gasteiger partial charge in [-0.05, 0) is 33.3 Å². The molecule has 1 heterocycles. The van der Waals surface area contributed by atoms with Gasteiger partial charge in [-0.3, -0.25) is 0 Å². The molecule has 0 saturated heterocycles. The molecule has 1 rings (SSSR count). The highest BCUT2D eigenvalue weighted by molar-refractivity contribution is 5.25. The summed E-state index contributed by atoms with van der Waals surface area (Å²) in [6.45, 7) is 7.64. The first kappa shape index (κ1) is 10.6. The van der Waals surface area contributed by atoms with Gasteiger partial charge in [-0.15, -0.1) is 0 Å². The number of aryl methyl sites for hydroxylation is 2. The number of nitrogens with zero attached hydrogens (tertiary/aromatic N) is 3. The van der Waals surface area contributed by atoms with E-state index in [1.807, 2.05) is 33.8 Å². The Morgan fingerprint density at radius 3 is 2.57 bits per heavy atom. The van der Waals surface area contributed by atoms with Crippen LogP contribution in [0.4, 0.5) is 0 Å². The maximum atomic E-state index is 8.99. The lowest BCUT2D eigenvalue weighted by molar-refractivity contribution is 0.647. The summed E-state index contributed by atoms with van der Waals surface area (Å²) < 4.78 is 0. The third-order valence-corrected chi connectivity index (χ3v) is 2.17. The van der Waals surface area contributed by atoms with Gasteiger partial charge in [0.2, 0.25) is 0 Å². The van der Waals surface area contributed by atoms with Crippen molar-refractivity contribution in [2.24, 2.45) is 0 Å². The molecule has 0 aliphatic rings. The molecule has 14 heavy (non-hydrogen) atoms. The van der Waals surface area contributed by atoms with Crippen LogP contribution in [0, 0.1) is 18.3 Å². The van der Waals surface area contributed by atoms with Crippen LogP contribution >= 0.6 is 0 Å². The van der Waals surface area contributed by atoms with Crippen molar-refractivity contribution < 1.29 is 0 Å². The standard InChI is InChI=1S/C11H15N3/c1-5-9-6-10(11(3,4)7-12)14-8(2)13-9/h6H,5H2,1-4H3. The Bertz CT molecular complexity index is 375. The molecule has 0 N–H and O–H groups in total. The van der Waals surface area contributed by atoms with Crippen molar-refractivity contribution in [3.63, 3.8) is 0 Å². The fourth-order valence-corrected chi connectivity index (χ4v) is 1.19. The van der Waals surface area contributed by atoms with E-state index in [0.29, 0.717) is 0 Å². The van der Waals surface area contributed by atoms with Crippen molar-refractivity contribution in [3.05, 3.63) is 23.3 Å². The van der Waals surface area contributed by atoms with Crippen LogP contribution in [0.2, 0.25) is 0 Å². The number of rotatable bonds is 2. The van der Waals surface area contributed by atoms with Crippen LogP contribution < -0.4 is 0 Å². The molecule has 1 aromatic rings. The summed E-state index contributed by atoms with van der Waals surface area (Å²) in [6.07, 6.45) is 0.873. The predicted molar refractivity (Wildman–Crippen MR) is 54.8 cm³/mol. The molecule has 0 aliphatic carbocycles. The van der Waals surface area contributed by atoms with Crippen molar-refractivity contribution in [2.45, 2.75) is 39.5 Å². The van der Waals surface area contributed by atoms with Gasteiger partial charge in [0.15, 0.2) is 0 Å². The third kappa shape index (κ3) is 2.08. The number of hydrogen-bond acceptors (Lipinski definition) is 3. The quantitative estimate of drug-likeness (QED) is 0.716. The Balaban J connectivity index is 3.24.